The van der Waals surface area contributed by atoms with Crippen molar-refractivity contribution in [3.05, 3.63) is 95.5 Å². The summed E-state index contributed by atoms with van der Waals surface area (Å²) in [7, 11) is 1.57. The van der Waals surface area contributed by atoms with Crippen LogP contribution in [0.25, 0.3) is 11.3 Å². The zero-order valence-corrected chi connectivity index (χ0v) is 23.6. The summed E-state index contributed by atoms with van der Waals surface area (Å²) in [4.78, 5) is 19.2. The minimum Gasteiger partial charge on any atom is -0.494 e. The second kappa shape index (κ2) is 10.7. The number of halogens is 1. The molecule has 1 saturated heterocycles. The first-order valence-electron chi connectivity index (χ1n) is 12.5. The van der Waals surface area contributed by atoms with Gasteiger partial charge in [0.15, 0.2) is 5.11 Å². The monoisotopic (exact) mass is 560 g/mol. The first-order valence-corrected chi connectivity index (χ1v) is 13.3. The number of pyridine rings is 1. The Balaban J connectivity index is 1.55. The van der Waals surface area contributed by atoms with Crippen molar-refractivity contribution in [2.24, 2.45) is 5.41 Å². The Morgan fingerprint density at radius 3 is 2.54 bits per heavy atom. The lowest BCUT2D eigenvalue weighted by Gasteiger charge is -2.27. The Morgan fingerprint density at radius 1 is 1.10 bits per heavy atom. The molecule has 0 unspecified atom stereocenters. The number of aromatic nitrogens is 1. The number of nitrogens with zero attached hydrogens (tertiary/aromatic N) is 2. The molecule has 7 nitrogen and oxygen atoms in total. The van der Waals surface area contributed by atoms with E-state index in [1.807, 2.05) is 98.5 Å². The van der Waals surface area contributed by atoms with E-state index in [9.17, 15) is 4.79 Å². The number of benzene rings is 2. The number of amides is 1. The summed E-state index contributed by atoms with van der Waals surface area (Å²) in [5.74, 6) is 1.85. The van der Waals surface area contributed by atoms with Crippen LogP contribution in [0.3, 0.4) is 0 Å². The molecule has 2 N–H and O–H groups in total. The molecule has 5 rings (SSSR count). The summed E-state index contributed by atoms with van der Waals surface area (Å²) in [5.41, 5.74) is 2.57. The third kappa shape index (κ3) is 5.48. The van der Waals surface area contributed by atoms with Gasteiger partial charge in [0.2, 0.25) is 5.91 Å². The fourth-order valence-electron chi connectivity index (χ4n) is 4.45. The molecule has 4 aromatic rings. The third-order valence-corrected chi connectivity index (χ3v) is 7.10. The van der Waals surface area contributed by atoms with Crippen molar-refractivity contribution in [3.63, 3.8) is 0 Å². The van der Waals surface area contributed by atoms with Gasteiger partial charge in [0, 0.05) is 34.0 Å². The lowest BCUT2D eigenvalue weighted by Crippen LogP contribution is -2.30. The number of rotatable bonds is 6. The Bertz CT molecular complexity index is 1500. The van der Waals surface area contributed by atoms with Crippen molar-refractivity contribution in [3.8, 4) is 17.1 Å². The van der Waals surface area contributed by atoms with E-state index < -0.39 is 5.41 Å². The maximum absolute atomic E-state index is 12.6. The van der Waals surface area contributed by atoms with E-state index in [-0.39, 0.29) is 18.0 Å². The predicted molar refractivity (Wildman–Crippen MR) is 158 cm³/mol. The lowest BCUT2D eigenvalue weighted by molar-refractivity contribution is -0.123. The number of carbonyl (C=O) groups is 1. The fraction of sp³-hybridized carbons (Fsp3) is 0.233. The lowest BCUT2D eigenvalue weighted by atomic mass is 9.95. The van der Waals surface area contributed by atoms with Crippen molar-refractivity contribution in [1.29, 1.82) is 0 Å². The normalized spacial score (nSPS) is 17.2. The highest BCUT2D eigenvalue weighted by atomic mass is 35.5. The second-order valence-corrected chi connectivity index (χ2v) is 11.1. The van der Waals surface area contributed by atoms with Gasteiger partial charge in [-0.25, -0.2) is 0 Å². The van der Waals surface area contributed by atoms with E-state index in [1.54, 1.807) is 13.3 Å². The van der Waals surface area contributed by atoms with E-state index in [4.69, 9.17) is 33.0 Å². The van der Waals surface area contributed by atoms with Gasteiger partial charge >= 0.3 is 0 Å². The molecule has 0 bridgehead atoms. The standard InChI is InChI=1S/C30H29ClN4O3S/c1-30(2,3)28(36)33-21-13-12-20(17-25(21)37-4)35-27(26(34-29(35)39)22-7-5-6-16-32-22)24-15-14-23(38-24)18-8-10-19(31)11-9-18/h5-17,26-27H,1-4H3,(H,33,36)(H,34,39)/t26-,27+/m1/s1. The molecule has 0 radical (unpaired) electrons. The second-order valence-electron chi connectivity index (χ2n) is 10.3. The van der Waals surface area contributed by atoms with E-state index >= 15 is 0 Å². The van der Waals surface area contributed by atoms with E-state index in [2.05, 4.69) is 15.6 Å². The molecule has 1 fully saturated rings. The van der Waals surface area contributed by atoms with Gasteiger partial charge in [-0.05, 0) is 72.9 Å². The van der Waals surface area contributed by atoms with Gasteiger partial charge in [0.25, 0.3) is 0 Å². The molecule has 0 saturated carbocycles. The van der Waals surface area contributed by atoms with Gasteiger partial charge in [-0.3, -0.25) is 9.78 Å². The zero-order valence-electron chi connectivity index (χ0n) is 22.1. The van der Waals surface area contributed by atoms with Crippen molar-refractivity contribution < 1.29 is 13.9 Å². The minimum absolute atomic E-state index is 0.106. The van der Waals surface area contributed by atoms with Gasteiger partial charge in [-0.1, -0.05) is 38.4 Å². The van der Waals surface area contributed by atoms with E-state index in [0.717, 1.165) is 22.7 Å². The van der Waals surface area contributed by atoms with Crippen LogP contribution in [-0.4, -0.2) is 23.1 Å². The molecule has 1 aliphatic heterocycles. The zero-order chi connectivity index (χ0) is 27.7. The Hall–Kier alpha value is -3.88. The number of ether oxygens (including phenoxy) is 1. The smallest absolute Gasteiger partial charge is 0.229 e. The Morgan fingerprint density at radius 2 is 1.87 bits per heavy atom. The van der Waals surface area contributed by atoms with Gasteiger partial charge in [-0.15, -0.1) is 0 Å². The van der Waals surface area contributed by atoms with Crippen LogP contribution in [0.15, 0.2) is 83.4 Å². The van der Waals surface area contributed by atoms with Crippen LogP contribution in [0.1, 0.15) is 44.3 Å². The van der Waals surface area contributed by atoms with Crippen LogP contribution in [0, 0.1) is 5.41 Å². The van der Waals surface area contributed by atoms with Crippen LogP contribution in [-0.2, 0) is 4.79 Å². The summed E-state index contributed by atoms with van der Waals surface area (Å²) < 4.78 is 12.1. The largest absolute Gasteiger partial charge is 0.494 e. The molecule has 39 heavy (non-hydrogen) atoms. The summed E-state index contributed by atoms with van der Waals surface area (Å²) in [6.45, 7) is 5.59. The molecule has 9 heteroatoms. The van der Waals surface area contributed by atoms with Crippen LogP contribution >= 0.6 is 23.8 Å². The van der Waals surface area contributed by atoms with Gasteiger partial charge in [-0.2, -0.15) is 0 Å². The summed E-state index contributed by atoms with van der Waals surface area (Å²) in [6.07, 6.45) is 1.76. The summed E-state index contributed by atoms with van der Waals surface area (Å²) >= 11 is 11.9. The molecular formula is C30H29ClN4O3S. The van der Waals surface area contributed by atoms with Crippen molar-refractivity contribution in [2.75, 3.05) is 17.3 Å². The first kappa shape index (κ1) is 26.7. The number of methoxy groups -OCH3 is 1. The molecule has 1 aliphatic rings. The minimum atomic E-state index is -0.549. The number of nitrogens with one attached hydrogen (secondary N) is 2. The highest BCUT2D eigenvalue weighted by Gasteiger charge is 2.43. The molecule has 2 atom stereocenters. The predicted octanol–water partition coefficient (Wildman–Crippen LogP) is 7.17. The molecule has 1 amide bonds. The van der Waals surface area contributed by atoms with Gasteiger partial charge in [0.1, 0.15) is 23.3 Å². The maximum atomic E-state index is 12.6. The maximum Gasteiger partial charge on any atom is 0.229 e. The molecule has 0 aliphatic carbocycles. The van der Waals surface area contributed by atoms with Crippen molar-refractivity contribution in [1.82, 2.24) is 10.3 Å². The van der Waals surface area contributed by atoms with Crippen LogP contribution in [0.4, 0.5) is 11.4 Å². The molecule has 3 heterocycles. The van der Waals surface area contributed by atoms with E-state index in [1.165, 1.54) is 0 Å². The number of hydrogen-bond acceptors (Lipinski definition) is 5. The topological polar surface area (TPSA) is 79.6 Å². The number of anilines is 2. The average Bonchev–Trinajstić information content (AvgIpc) is 3.54. The SMILES string of the molecule is COc1cc(N2C(=S)N[C@H](c3ccccn3)[C@@H]2c2ccc(-c3ccc(Cl)cc3)o2)ccc1NC(=O)C(C)(C)C. The van der Waals surface area contributed by atoms with E-state index in [0.29, 0.717) is 27.3 Å². The highest BCUT2D eigenvalue weighted by molar-refractivity contribution is 7.80. The number of hydrogen-bond donors (Lipinski definition) is 2. The fourth-order valence-corrected chi connectivity index (χ4v) is 4.92. The Kier molecular flexibility index (Phi) is 7.34. The number of thiocarbonyl (C=S) groups is 1. The average molecular weight is 561 g/mol. The summed E-state index contributed by atoms with van der Waals surface area (Å²) in [6, 6.07) is 22.2. The summed E-state index contributed by atoms with van der Waals surface area (Å²) in [5, 5.41) is 7.58. The molecule has 2 aromatic heterocycles. The Labute approximate surface area is 238 Å². The molecule has 0 spiro atoms. The quantitative estimate of drug-likeness (QED) is 0.242. The molecule has 200 valence electrons. The van der Waals surface area contributed by atoms with Crippen molar-refractivity contribution in [2.45, 2.75) is 32.9 Å². The number of furan rings is 1. The van der Waals surface area contributed by atoms with Gasteiger partial charge in [0.05, 0.1) is 24.5 Å². The first-order chi connectivity index (χ1) is 18.7. The van der Waals surface area contributed by atoms with Crippen LogP contribution < -0.4 is 20.3 Å². The third-order valence-electron chi connectivity index (χ3n) is 6.54. The molecular weight excluding hydrogens is 532 g/mol. The van der Waals surface area contributed by atoms with Crippen LogP contribution in [0.2, 0.25) is 5.02 Å². The highest BCUT2D eigenvalue weighted by Crippen LogP contribution is 2.44. The van der Waals surface area contributed by atoms with Gasteiger partial charge < -0.3 is 24.7 Å². The number of carbonyl (C=O) groups excluding carboxylic acids is 1. The van der Waals surface area contributed by atoms with Crippen LogP contribution in [0.5, 0.6) is 5.75 Å². The van der Waals surface area contributed by atoms with Crippen molar-refractivity contribution >= 4 is 46.2 Å². The molecule has 2 aromatic carbocycles.